The van der Waals surface area contributed by atoms with Gasteiger partial charge in [-0.2, -0.15) is 0 Å². The van der Waals surface area contributed by atoms with E-state index in [4.69, 9.17) is 4.74 Å². The molecule has 1 amide bonds. The largest absolute Gasteiger partial charge is 0.444 e. The normalized spacial score (nSPS) is 22.6. The lowest BCUT2D eigenvalue weighted by Crippen LogP contribution is -2.41. The SMILES string of the molecule is CC(C)(C)OC(=O)N1CCC(N2CCc3ccccc3CC2)C1. The van der Waals surface area contributed by atoms with Gasteiger partial charge in [0.25, 0.3) is 0 Å². The van der Waals surface area contributed by atoms with Gasteiger partial charge >= 0.3 is 6.09 Å². The highest BCUT2D eigenvalue weighted by Crippen LogP contribution is 2.22. The van der Waals surface area contributed by atoms with E-state index in [2.05, 4.69) is 29.2 Å². The second-order valence-corrected chi connectivity index (χ2v) is 7.67. The zero-order valence-electron chi connectivity index (χ0n) is 14.5. The molecule has 126 valence electrons. The minimum Gasteiger partial charge on any atom is -0.444 e. The molecule has 0 aliphatic carbocycles. The molecule has 1 atom stereocenters. The van der Waals surface area contributed by atoms with E-state index >= 15 is 0 Å². The van der Waals surface area contributed by atoms with E-state index in [9.17, 15) is 4.79 Å². The number of nitrogens with zero attached hydrogens (tertiary/aromatic N) is 2. The molecule has 0 saturated carbocycles. The second kappa shape index (κ2) is 6.52. The van der Waals surface area contributed by atoms with Crippen LogP contribution in [0.4, 0.5) is 4.79 Å². The van der Waals surface area contributed by atoms with Crippen molar-refractivity contribution in [3.05, 3.63) is 35.4 Å². The summed E-state index contributed by atoms with van der Waals surface area (Å²) in [6, 6.07) is 9.24. The highest BCUT2D eigenvalue weighted by atomic mass is 16.6. The average Bonchev–Trinajstić information content (AvgIpc) is 2.87. The van der Waals surface area contributed by atoms with E-state index < -0.39 is 5.60 Å². The summed E-state index contributed by atoms with van der Waals surface area (Å²) in [6.45, 7) is 9.54. The Hall–Kier alpha value is -1.55. The maximum absolute atomic E-state index is 12.2. The van der Waals surface area contributed by atoms with Crippen LogP contribution in [0.2, 0.25) is 0 Å². The maximum atomic E-state index is 12.2. The number of amides is 1. The molecule has 3 rings (SSSR count). The standard InChI is InChI=1S/C19H28N2O2/c1-19(2,3)23-18(22)21-13-10-17(14-21)20-11-8-15-6-4-5-7-16(15)9-12-20/h4-7,17H,8-14H2,1-3H3. The molecule has 23 heavy (non-hydrogen) atoms. The zero-order chi connectivity index (χ0) is 16.4. The van der Waals surface area contributed by atoms with Crippen LogP contribution in [0.5, 0.6) is 0 Å². The first-order valence-corrected chi connectivity index (χ1v) is 8.71. The van der Waals surface area contributed by atoms with Crippen LogP contribution >= 0.6 is 0 Å². The van der Waals surface area contributed by atoms with Crippen LogP contribution in [-0.2, 0) is 17.6 Å². The van der Waals surface area contributed by atoms with Gasteiger partial charge in [0.1, 0.15) is 5.60 Å². The van der Waals surface area contributed by atoms with Gasteiger partial charge in [0.05, 0.1) is 0 Å². The van der Waals surface area contributed by atoms with Gasteiger partial charge in [-0.05, 0) is 51.2 Å². The topological polar surface area (TPSA) is 32.8 Å². The Bertz CT molecular complexity index is 538. The number of carbonyl (C=O) groups excluding carboxylic acids is 1. The van der Waals surface area contributed by atoms with Crippen molar-refractivity contribution in [1.29, 1.82) is 0 Å². The maximum Gasteiger partial charge on any atom is 0.410 e. The van der Waals surface area contributed by atoms with Crippen molar-refractivity contribution in [2.75, 3.05) is 26.2 Å². The van der Waals surface area contributed by atoms with E-state index in [1.54, 1.807) is 0 Å². The third kappa shape index (κ3) is 4.05. The summed E-state index contributed by atoms with van der Waals surface area (Å²) < 4.78 is 5.50. The van der Waals surface area contributed by atoms with Crippen molar-refractivity contribution < 1.29 is 9.53 Å². The molecule has 0 bridgehead atoms. The Kier molecular flexibility index (Phi) is 4.62. The second-order valence-electron chi connectivity index (χ2n) is 7.67. The summed E-state index contributed by atoms with van der Waals surface area (Å²) in [7, 11) is 0. The molecule has 1 unspecified atom stereocenters. The van der Waals surface area contributed by atoms with Gasteiger partial charge in [-0.25, -0.2) is 4.79 Å². The Labute approximate surface area is 139 Å². The molecule has 0 aromatic heterocycles. The molecule has 0 spiro atoms. The lowest BCUT2D eigenvalue weighted by molar-refractivity contribution is 0.0280. The zero-order valence-corrected chi connectivity index (χ0v) is 14.5. The number of carbonyl (C=O) groups is 1. The van der Waals surface area contributed by atoms with Gasteiger partial charge in [-0.15, -0.1) is 0 Å². The first-order valence-electron chi connectivity index (χ1n) is 8.71. The number of likely N-dealkylation sites (tertiary alicyclic amines) is 1. The van der Waals surface area contributed by atoms with Crippen molar-refractivity contribution in [1.82, 2.24) is 9.80 Å². The van der Waals surface area contributed by atoms with E-state index in [0.29, 0.717) is 6.04 Å². The molecule has 0 radical (unpaired) electrons. The number of rotatable bonds is 1. The molecule has 0 N–H and O–H groups in total. The summed E-state index contributed by atoms with van der Waals surface area (Å²) in [5, 5.41) is 0. The van der Waals surface area contributed by atoms with Gasteiger partial charge in [0.2, 0.25) is 0 Å². The molecule has 2 aliphatic heterocycles. The monoisotopic (exact) mass is 316 g/mol. The van der Waals surface area contributed by atoms with E-state index in [1.807, 2.05) is 25.7 Å². The van der Waals surface area contributed by atoms with E-state index in [-0.39, 0.29) is 6.09 Å². The summed E-state index contributed by atoms with van der Waals surface area (Å²) >= 11 is 0. The third-order valence-corrected chi connectivity index (χ3v) is 4.79. The van der Waals surface area contributed by atoms with Crippen molar-refractivity contribution in [3.63, 3.8) is 0 Å². The molecule has 2 aliphatic rings. The molecule has 2 heterocycles. The number of hydrogen-bond donors (Lipinski definition) is 0. The van der Waals surface area contributed by atoms with E-state index in [0.717, 1.165) is 45.4 Å². The quantitative estimate of drug-likeness (QED) is 0.798. The van der Waals surface area contributed by atoms with Gasteiger partial charge in [-0.1, -0.05) is 24.3 Å². The predicted molar refractivity (Wildman–Crippen MR) is 91.6 cm³/mol. The minimum absolute atomic E-state index is 0.168. The van der Waals surface area contributed by atoms with Gasteiger partial charge in [-0.3, -0.25) is 4.90 Å². The molecule has 1 aromatic rings. The minimum atomic E-state index is -0.417. The molecule has 4 nitrogen and oxygen atoms in total. The first kappa shape index (κ1) is 16.3. The Morgan fingerprint density at radius 3 is 2.26 bits per heavy atom. The van der Waals surface area contributed by atoms with Gasteiger partial charge in [0, 0.05) is 32.2 Å². The molecule has 1 aromatic carbocycles. The Balaban J connectivity index is 1.57. The molecule has 4 heteroatoms. The lowest BCUT2D eigenvalue weighted by atomic mass is 10.0. The predicted octanol–water partition coefficient (Wildman–Crippen LogP) is 3.10. The fourth-order valence-electron chi connectivity index (χ4n) is 3.58. The number of hydrogen-bond acceptors (Lipinski definition) is 3. The molecule has 1 fully saturated rings. The van der Waals surface area contributed by atoms with Crippen molar-refractivity contribution in [3.8, 4) is 0 Å². The van der Waals surface area contributed by atoms with E-state index in [1.165, 1.54) is 11.1 Å². The first-order chi connectivity index (χ1) is 10.9. The molecule has 1 saturated heterocycles. The van der Waals surface area contributed by atoms with Crippen LogP contribution in [0.1, 0.15) is 38.3 Å². The van der Waals surface area contributed by atoms with Crippen LogP contribution in [0.3, 0.4) is 0 Å². The van der Waals surface area contributed by atoms with Crippen LogP contribution < -0.4 is 0 Å². The lowest BCUT2D eigenvalue weighted by Gasteiger charge is -2.28. The van der Waals surface area contributed by atoms with Crippen LogP contribution in [0, 0.1) is 0 Å². The smallest absolute Gasteiger partial charge is 0.410 e. The van der Waals surface area contributed by atoms with Crippen molar-refractivity contribution >= 4 is 6.09 Å². The highest BCUT2D eigenvalue weighted by molar-refractivity contribution is 5.68. The van der Waals surface area contributed by atoms with Crippen LogP contribution in [-0.4, -0.2) is 53.7 Å². The van der Waals surface area contributed by atoms with Crippen LogP contribution in [0.15, 0.2) is 24.3 Å². The fourth-order valence-corrected chi connectivity index (χ4v) is 3.58. The van der Waals surface area contributed by atoms with Gasteiger partial charge in [0.15, 0.2) is 0 Å². The van der Waals surface area contributed by atoms with Crippen LogP contribution in [0.25, 0.3) is 0 Å². The summed E-state index contributed by atoms with van der Waals surface area (Å²) in [5.74, 6) is 0. The van der Waals surface area contributed by atoms with Crippen molar-refractivity contribution in [2.45, 2.75) is 51.7 Å². The molecular weight excluding hydrogens is 288 g/mol. The number of benzene rings is 1. The molecular formula is C19H28N2O2. The van der Waals surface area contributed by atoms with Crippen molar-refractivity contribution in [2.24, 2.45) is 0 Å². The average molecular weight is 316 g/mol. The van der Waals surface area contributed by atoms with Gasteiger partial charge < -0.3 is 9.64 Å². The Morgan fingerprint density at radius 1 is 1.09 bits per heavy atom. The summed E-state index contributed by atoms with van der Waals surface area (Å²) in [5.41, 5.74) is 2.55. The number of fused-ring (bicyclic) bond motifs is 1. The summed E-state index contributed by atoms with van der Waals surface area (Å²) in [6.07, 6.45) is 3.10. The highest BCUT2D eigenvalue weighted by Gasteiger charge is 2.33. The third-order valence-electron chi connectivity index (χ3n) is 4.79. The fraction of sp³-hybridized carbons (Fsp3) is 0.632. The number of ether oxygens (including phenoxy) is 1. The Morgan fingerprint density at radius 2 is 1.70 bits per heavy atom. The summed E-state index contributed by atoms with van der Waals surface area (Å²) in [4.78, 5) is 16.6.